The van der Waals surface area contributed by atoms with Gasteiger partial charge in [0.15, 0.2) is 0 Å². The number of rotatable bonds is 4. The molecule has 0 atom stereocenters. The Balaban J connectivity index is 1.16. The molecule has 4 heterocycles. The monoisotopic (exact) mass is 396 g/mol. The fourth-order valence-corrected chi connectivity index (χ4v) is 3.97. The minimum atomic E-state index is 0.160. The minimum Gasteiger partial charge on any atom is -0.464 e. The molecule has 0 bridgehead atoms. The van der Waals surface area contributed by atoms with Crippen molar-refractivity contribution < 1.29 is 13.9 Å². The Morgan fingerprint density at radius 3 is 2.72 bits per heavy atom. The summed E-state index contributed by atoms with van der Waals surface area (Å²) in [4.78, 5) is 22.4. The number of carbonyl (C=O) groups excluding carboxylic acids is 1. The summed E-state index contributed by atoms with van der Waals surface area (Å²) < 4.78 is 11.4. The van der Waals surface area contributed by atoms with Crippen LogP contribution in [-0.4, -0.2) is 79.2 Å². The first-order chi connectivity index (χ1) is 14.2. The van der Waals surface area contributed by atoms with Crippen molar-refractivity contribution in [3.8, 4) is 11.8 Å². The van der Waals surface area contributed by atoms with Crippen molar-refractivity contribution in [3.05, 3.63) is 24.6 Å². The summed E-state index contributed by atoms with van der Waals surface area (Å²) >= 11 is 0. The summed E-state index contributed by atoms with van der Waals surface area (Å²) in [6, 6.07) is 3.88. The highest BCUT2D eigenvalue weighted by atomic mass is 16.5. The van der Waals surface area contributed by atoms with E-state index in [0.717, 1.165) is 75.4 Å². The standard InChI is InChI=1S/C22H28N4O3/c1-18(27)25-14-12-24(13-15-25)9-2-3-16-28-19-5-10-26(11-6-19)22-20-7-17-29-21(20)4-8-23-22/h4,7-8,17,19H,5-6,9-16H2,1H3. The first kappa shape index (κ1) is 19.7. The summed E-state index contributed by atoms with van der Waals surface area (Å²) in [6.07, 6.45) is 5.73. The number of hydrogen-bond donors (Lipinski definition) is 0. The molecule has 154 valence electrons. The zero-order chi connectivity index (χ0) is 20.1. The highest BCUT2D eigenvalue weighted by Crippen LogP contribution is 2.27. The van der Waals surface area contributed by atoms with Crippen molar-refractivity contribution in [1.82, 2.24) is 14.8 Å². The Kier molecular flexibility index (Phi) is 6.33. The molecule has 0 spiro atoms. The highest BCUT2D eigenvalue weighted by Gasteiger charge is 2.22. The Labute approximate surface area is 171 Å². The Hall–Kier alpha value is -2.56. The number of fused-ring (bicyclic) bond motifs is 1. The first-order valence-corrected chi connectivity index (χ1v) is 10.3. The molecule has 0 unspecified atom stereocenters. The van der Waals surface area contributed by atoms with E-state index in [0.29, 0.717) is 6.61 Å². The van der Waals surface area contributed by atoms with Gasteiger partial charge in [-0.25, -0.2) is 4.98 Å². The van der Waals surface area contributed by atoms with Crippen LogP contribution in [0.25, 0.3) is 11.0 Å². The number of furan rings is 1. The van der Waals surface area contributed by atoms with Gasteiger partial charge in [-0.3, -0.25) is 9.69 Å². The van der Waals surface area contributed by atoms with Crippen LogP contribution in [-0.2, 0) is 9.53 Å². The Morgan fingerprint density at radius 2 is 1.97 bits per heavy atom. The summed E-state index contributed by atoms with van der Waals surface area (Å²) in [5.41, 5.74) is 0.881. The zero-order valence-corrected chi connectivity index (χ0v) is 17.0. The van der Waals surface area contributed by atoms with E-state index in [2.05, 4.69) is 26.6 Å². The van der Waals surface area contributed by atoms with Crippen molar-refractivity contribution in [2.75, 3.05) is 57.3 Å². The van der Waals surface area contributed by atoms with Gasteiger partial charge in [-0.2, -0.15) is 0 Å². The summed E-state index contributed by atoms with van der Waals surface area (Å²) in [5.74, 6) is 7.51. The molecule has 2 aromatic rings. The van der Waals surface area contributed by atoms with Gasteiger partial charge in [0, 0.05) is 52.4 Å². The average molecular weight is 396 g/mol. The van der Waals surface area contributed by atoms with E-state index in [1.165, 1.54) is 0 Å². The smallest absolute Gasteiger partial charge is 0.219 e. The number of piperazine rings is 1. The maximum Gasteiger partial charge on any atom is 0.219 e. The second-order valence-corrected chi connectivity index (χ2v) is 7.60. The van der Waals surface area contributed by atoms with Gasteiger partial charge in [0.2, 0.25) is 5.91 Å². The number of nitrogens with zero attached hydrogens (tertiary/aromatic N) is 4. The van der Waals surface area contributed by atoms with E-state index in [1.54, 1.807) is 19.4 Å². The SMILES string of the molecule is CC(=O)N1CCN(CC#CCOC2CCN(c3nccc4occc34)CC2)CC1. The number of pyridine rings is 1. The second-order valence-electron chi connectivity index (χ2n) is 7.60. The van der Waals surface area contributed by atoms with Gasteiger partial charge in [-0.15, -0.1) is 0 Å². The predicted octanol–water partition coefficient (Wildman–Crippen LogP) is 1.98. The lowest BCUT2D eigenvalue weighted by atomic mass is 10.1. The van der Waals surface area contributed by atoms with Crippen LogP contribution in [0.1, 0.15) is 19.8 Å². The molecule has 2 saturated heterocycles. The van der Waals surface area contributed by atoms with Gasteiger partial charge in [0.05, 0.1) is 24.3 Å². The van der Waals surface area contributed by atoms with E-state index < -0.39 is 0 Å². The third kappa shape index (κ3) is 4.89. The van der Waals surface area contributed by atoms with E-state index >= 15 is 0 Å². The normalized spacial score (nSPS) is 18.7. The maximum absolute atomic E-state index is 11.4. The summed E-state index contributed by atoms with van der Waals surface area (Å²) in [5, 5.41) is 1.07. The lowest BCUT2D eigenvalue weighted by Gasteiger charge is -2.33. The summed E-state index contributed by atoms with van der Waals surface area (Å²) in [7, 11) is 0. The van der Waals surface area contributed by atoms with E-state index in [1.807, 2.05) is 17.0 Å². The molecule has 2 aliphatic rings. The Bertz CT molecular complexity index is 884. The van der Waals surface area contributed by atoms with Crippen LogP contribution in [0, 0.1) is 11.8 Å². The second kappa shape index (κ2) is 9.29. The third-order valence-corrected chi connectivity index (χ3v) is 5.74. The molecule has 0 N–H and O–H groups in total. The molecule has 0 radical (unpaired) electrons. The van der Waals surface area contributed by atoms with E-state index in [-0.39, 0.29) is 12.0 Å². The van der Waals surface area contributed by atoms with Gasteiger partial charge >= 0.3 is 0 Å². The Morgan fingerprint density at radius 1 is 1.17 bits per heavy atom. The number of amides is 1. The fourth-order valence-electron chi connectivity index (χ4n) is 3.97. The third-order valence-electron chi connectivity index (χ3n) is 5.74. The van der Waals surface area contributed by atoms with Gasteiger partial charge < -0.3 is 19.0 Å². The van der Waals surface area contributed by atoms with Crippen molar-refractivity contribution in [1.29, 1.82) is 0 Å². The molecule has 29 heavy (non-hydrogen) atoms. The van der Waals surface area contributed by atoms with Gasteiger partial charge in [-0.1, -0.05) is 11.8 Å². The van der Waals surface area contributed by atoms with Crippen LogP contribution in [0.4, 0.5) is 5.82 Å². The number of carbonyl (C=O) groups is 1. The van der Waals surface area contributed by atoms with Crippen molar-refractivity contribution in [2.45, 2.75) is 25.9 Å². The molecule has 0 aromatic carbocycles. The topological polar surface area (TPSA) is 62.1 Å². The van der Waals surface area contributed by atoms with Crippen molar-refractivity contribution >= 4 is 22.7 Å². The lowest BCUT2D eigenvalue weighted by molar-refractivity contribution is -0.130. The molecule has 0 saturated carbocycles. The van der Waals surface area contributed by atoms with Crippen LogP contribution in [0.3, 0.4) is 0 Å². The van der Waals surface area contributed by atoms with Gasteiger partial charge in [-0.05, 0) is 25.0 Å². The quantitative estimate of drug-likeness (QED) is 0.737. The molecule has 0 aliphatic carbocycles. The fraction of sp³-hybridized carbons (Fsp3) is 0.545. The summed E-state index contributed by atoms with van der Waals surface area (Å²) in [6.45, 7) is 8.09. The van der Waals surface area contributed by atoms with Crippen molar-refractivity contribution in [3.63, 3.8) is 0 Å². The molecule has 4 rings (SSSR count). The molecular weight excluding hydrogens is 368 g/mol. The van der Waals surface area contributed by atoms with Crippen molar-refractivity contribution in [2.24, 2.45) is 0 Å². The molecule has 1 amide bonds. The first-order valence-electron chi connectivity index (χ1n) is 10.3. The zero-order valence-electron chi connectivity index (χ0n) is 17.0. The van der Waals surface area contributed by atoms with Crippen LogP contribution in [0.5, 0.6) is 0 Å². The molecule has 2 aliphatic heterocycles. The highest BCUT2D eigenvalue weighted by molar-refractivity contribution is 5.88. The average Bonchev–Trinajstić information content (AvgIpc) is 3.23. The number of piperidine rings is 1. The molecular formula is C22H28N4O3. The molecule has 7 nitrogen and oxygen atoms in total. The number of ether oxygens (including phenoxy) is 1. The lowest BCUT2D eigenvalue weighted by Crippen LogP contribution is -2.47. The van der Waals surface area contributed by atoms with Crippen LogP contribution < -0.4 is 4.90 Å². The van der Waals surface area contributed by atoms with Gasteiger partial charge in [0.1, 0.15) is 18.0 Å². The minimum absolute atomic E-state index is 0.160. The molecule has 2 fully saturated rings. The number of hydrogen-bond acceptors (Lipinski definition) is 6. The number of anilines is 1. The predicted molar refractivity (Wildman–Crippen MR) is 112 cm³/mol. The van der Waals surface area contributed by atoms with Crippen LogP contribution in [0.2, 0.25) is 0 Å². The maximum atomic E-state index is 11.4. The van der Waals surface area contributed by atoms with Crippen LogP contribution >= 0.6 is 0 Å². The molecule has 7 heteroatoms. The number of aromatic nitrogens is 1. The van der Waals surface area contributed by atoms with Crippen LogP contribution in [0.15, 0.2) is 29.0 Å². The largest absolute Gasteiger partial charge is 0.464 e. The van der Waals surface area contributed by atoms with E-state index in [9.17, 15) is 4.79 Å². The van der Waals surface area contributed by atoms with E-state index in [4.69, 9.17) is 9.15 Å². The molecule has 2 aromatic heterocycles. The van der Waals surface area contributed by atoms with Gasteiger partial charge in [0.25, 0.3) is 0 Å².